The summed E-state index contributed by atoms with van der Waals surface area (Å²) in [6.07, 6.45) is 1.60. The van der Waals surface area contributed by atoms with E-state index in [1.54, 1.807) is 13.3 Å². The fraction of sp³-hybridized carbons (Fsp3) is 0.176. The van der Waals surface area contributed by atoms with Gasteiger partial charge in [0.1, 0.15) is 6.61 Å². The van der Waals surface area contributed by atoms with Crippen LogP contribution in [0.5, 0.6) is 11.5 Å². The number of aryl methyl sites for hydroxylation is 1. The highest BCUT2D eigenvalue weighted by atomic mass is 32.1. The van der Waals surface area contributed by atoms with Crippen LogP contribution in [-0.4, -0.2) is 18.4 Å². The number of nitrogens with zero attached hydrogens (tertiary/aromatic N) is 1. The number of ether oxygens (including phenoxy) is 2. The molecule has 0 bridgehead atoms. The van der Waals surface area contributed by atoms with Crippen LogP contribution >= 0.6 is 12.2 Å². The molecule has 0 aliphatic rings. The van der Waals surface area contributed by atoms with Crippen molar-refractivity contribution in [1.82, 2.24) is 5.43 Å². The first-order valence-corrected chi connectivity index (χ1v) is 7.44. The van der Waals surface area contributed by atoms with Crippen molar-refractivity contribution < 1.29 is 9.47 Å². The highest BCUT2D eigenvalue weighted by Gasteiger charge is 2.05. The maximum atomic E-state index is 5.84. The summed E-state index contributed by atoms with van der Waals surface area (Å²) in [5.41, 5.74) is 11.0. The average molecular weight is 329 g/mol. The molecule has 0 atom stereocenters. The summed E-state index contributed by atoms with van der Waals surface area (Å²) in [5.74, 6) is 1.31. The number of hydrazone groups is 1. The minimum Gasteiger partial charge on any atom is -0.493 e. The zero-order chi connectivity index (χ0) is 16.7. The Labute approximate surface area is 141 Å². The summed E-state index contributed by atoms with van der Waals surface area (Å²) in [7, 11) is 1.60. The normalized spacial score (nSPS) is 10.5. The number of nitrogens with two attached hydrogens (primary N) is 1. The van der Waals surface area contributed by atoms with E-state index in [-0.39, 0.29) is 5.11 Å². The van der Waals surface area contributed by atoms with E-state index < -0.39 is 0 Å². The summed E-state index contributed by atoms with van der Waals surface area (Å²) < 4.78 is 11.2. The molecule has 0 aliphatic carbocycles. The molecular formula is C17H19N3O2S. The summed E-state index contributed by atoms with van der Waals surface area (Å²) in [4.78, 5) is 0. The largest absolute Gasteiger partial charge is 0.493 e. The molecular weight excluding hydrogens is 310 g/mol. The molecule has 0 radical (unpaired) electrons. The number of hydrogen-bond donors (Lipinski definition) is 2. The second-order valence-corrected chi connectivity index (χ2v) is 5.36. The molecule has 120 valence electrons. The highest BCUT2D eigenvalue weighted by molar-refractivity contribution is 7.80. The topological polar surface area (TPSA) is 68.9 Å². The fourth-order valence-electron chi connectivity index (χ4n) is 2.02. The van der Waals surface area contributed by atoms with E-state index in [9.17, 15) is 0 Å². The third-order valence-corrected chi connectivity index (χ3v) is 3.14. The van der Waals surface area contributed by atoms with Crippen molar-refractivity contribution in [2.75, 3.05) is 7.11 Å². The quantitative estimate of drug-likeness (QED) is 0.484. The van der Waals surface area contributed by atoms with Gasteiger partial charge in [0, 0.05) is 0 Å². The molecule has 0 fully saturated rings. The molecule has 2 aromatic rings. The van der Waals surface area contributed by atoms with Crippen LogP contribution < -0.4 is 20.6 Å². The van der Waals surface area contributed by atoms with Gasteiger partial charge < -0.3 is 15.2 Å². The van der Waals surface area contributed by atoms with E-state index in [1.807, 2.05) is 30.3 Å². The van der Waals surface area contributed by atoms with Crippen LogP contribution in [0.15, 0.2) is 47.6 Å². The van der Waals surface area contributed by atoms with Gasteiger partial charge in [-0.2, -0.15) is 5.10 Å². The lowest BCUT2D eigenvalue weighted by Crippen LogP contribution is -2.23. The van der Waals surface area contributed by atoms with Crippen LogP contribution in [0.4, 0.5) is 0 Å². The lowest BCUT2D eigenvalue weighted by Gasteiger charge is -2.11. The predicted molar refractivity (Wildman–Crippen MR) is 96.0 cm³/mol. The summed E-state index contributed by atoms with van der Waals surface area (Å²) in [6, 6.07) is 13.7. The van der Waals surface area contributed by atoms with Gasteiger partial charge in [0.25, 0.3) is 0 Å². The third-order valence-electron chi connectivity index (χ3n) is 3.05. The smallest absolute Gasteiger partial charge is 0.184 e. The molecule has 6 heteroatoms. The number of rotatable bonds is 6. The molecule has 0 spiro atoms. The van der Waals surface area contributed by atoms with Gasteiger partial charge in [-0.05, 0) is 48.5 Å². The van der Waals surface area contributed by atoms with Gasteiger partial charge >= 0.3 is 0 Å². The summed E-state index contributed by atoms with van der Waals surface area (Å²) in [5, 5.41) is 4.03. The van der Waals surface area contributed by atoms with Crippen molar-refractivity contribution >= 4 is 23.5 Å². The molecule has 0 aliphatic heterocycles. The summed E-state index contributed by atoms with van der Waals surface area (Å²) in [6.45, 7) is 2.54. The molecule has 0 amide bonds. The minimum absolute atomic E-state index is 0.117. The molecule has 2 aromatic carbocycles. The average Bonchev–Trinajstić information content (AvgIpc) is 2.53. The van der Waals surface area contributed by atoms with Crippen LogP contribution in [0.3, 0.4) is 0 Å². The molecule has 0 saturated heterocycles. The van der Waals surface area contributed by atoms with Crippen molar-refractivity contribution in [3.63, 3.8) is 0 Å². The van der Waals surface area contributed by atoms with Gasteiger partial charge in [-0.1, -0.05) is 29.8 Å². The molecule has 23 heavy (non-hydrogen) atoms. The van der Waals surface area contributed by atoms with Crippen LogP contribution in [0.2, 0.25) is 0 Å². The van der Waals surface area contributed by atoms with Gasteiger partial charge in [-0.25, -0.2) is 0 Å². The lowest BCUT2D eigenvalue weighted by molar-refractivity contribution is 0.284. The Balaban J connectivity index is 2.07. The Morgan fingerprint density at radius 2 is 2.09 bits per heavy atom. The highest BCUT2D eigenvalue weighted by Crippen LogP contribution is 2.28. The Bertz CT molecular complexity index is 717. The van der Waals surface area contributed by atoms with Crippen LogP contribution in [0.25, 0.3) is 0 Å². The zero-order valence-corrected chi connectivity index (χ0v) is 13.9. The Morgan fingerprint density at radius 3 is 2.78 bits per heavy atom. The fourth-order valence-corrected chi connectivity index (χ4v) is 2.07. The van der Waals surface area contributed by atoms with Gasteiger partial charge in [-0.15, -0.1) is 0 Å². The molecule has 0 aromatic heterocycles. The van der Waals surface area contributed by atoms with Gasteiger partial charge in [0.2, 0.25) is 0 Å². The van der Waals surface area contributed by atoms with Crippen molar-refractivity contribution in [2.24, 2.45) is 10.8 Å². The first kappa shape index (κ1) is 16.8. The zero-order valence-electron chi connectivity index (χ0n) is 13.1. The second kappa shape index (κ2) is 8.14. The van der Waals surface area contributed by atoms with Gasteiger partial charge in [-0.3, -0.25) is 5.43 Å². The molecule has 5 nitrogen and oxygen atoms in total. The molecule has 0 saturated carbocycles. The Hall–Kier alpha value is -2.60. The first-order valence-electron chi connectivity index (χ1n) is 7.03. The second-order valence-electron chi connectivity index (χ2n) is 4.92. The third kappa shape index (κ3) is 5.27. The first-order chi connectivity index (χ1) is 11.1. The van der Waals surface area contributed by atoms with E-state index in [1.165, 1.54) is 5.56 Å². The van der Waals surface area contributed by atoms with E-state index in [0.29, 0.717) is 18.1 Å². The van der Waals surface area contributed by atoms with E-state index in [4.69, 9.17) is 15.2 Å². The predicted octanol–water partition coefficient (Wildman–Crippen LogP) is 2.75. The Kier molecular flexibility index (Phi) is 5.94. The SMILES string of the molecule is COc1cc(/C=N/NC(N)=S)ccc1OCc1cccc(C)c1. The van der Waals surface area contributed by atoms with Crippen molar-refractivity contribution in [1.29, 1.82) is 0 Å². The number of benzene rings is 2. The maximum absolute atomic E-state index is 5.84. The monoisotopic (exact) mass is 329 g/mol. The van der Waals surface area contributed by atoms with Crippen molar-refractivity contribution in [2.45, 2.75) is 13.5 Å². The summed E-state index contributed by atoms with van der Waals surface area (Å²) >= 11 is 4.68. The molecule has 2 rings (SSSR count). The van der Waals surface area contributed by atoms with E-state index in [2.05, 4.69) is 41.8 Å². The number of thiocarbonyl (C=S) groups is 1. The van der Waals surface area contributed by atoms with Crippen LogP contribution in [0.1, 0.15) is 16.7 Å². The minimum atomic E-state index is 0.117. The van der Waals surface area contributed by atoms with E-state index in [0.717, 1.165) is 11.1 Å². The Morgan fingerprint density at radius 1 is 1.26 bits per heavy atom. The molecule has 3 N–H and O–H groups in total. The number of hydrogen-bond acceptors (Lipinski definition) is 4. The van der Waals surface area contributed by atoms with Crippen LogP contribution in [0, 0.1) is 6.92 Å². The molecule has 0 heterocycles. The van der Waals surface area contributed by atoms with E-state index >= 15 is 0 Å². The maximum Gasteiger partial charge on any atom is 0.184 e. The number of methoxy groups -OCH3 is 1. The standard InChI is InChI=1S/C17H19N3O2S/c1-12-4-3-5-14(8-12)11-22-15-7-6-13(9-16(15)21-2)10-19-20-17(18)23/h3-10H,11H2,1-2H3,(H3,18,20,23)/b19-10+. The van der Waals surface area contributed by atoms with Gasteiger partial charge in [0.15, 0.2) is 16.6 Å². The van der Waals surface area contributed by atoms with Crippen molar-refractivity contribution in [3.8, 4) is 11.5 Å². The number of nitrogens with one attached hydrogen (secondary N) is 1. The van der Waals surface area contributed by atoms with Crippen LogP contribution in [-0.2, 0) is 6.61 Å². The van der Waals surface area contributed by atoms with Crippen molar-refractivity contribution in [3.05, 3.63) is 59.2 Å². The molecule has 0 unspecified atom stereocenters. The lowest BCUT2D eigenvalue weighted by atomic mass is 10.1. The van der Waals surface area contributed by atoms with Gasteiger partial charge in [0.05, 0.1) is 13.3 Å².